The van der Waals surface area contributed by atoms with E-state index in [1.807, 2.05) is 42.5 Å². The molecule has 0 saturated carbocycles. The van der Waals surface area contributed by atoms with Crippen molar-refractivity contribution >= 4 is 17.6 Å². The second-order valence-corrected chi connectivity index (χ2v) is 5.67. The van der Waals surface area contributed by atoms with Gasteiger partial charge in [-0.25, -0.2) is 0 Å². The van der Waals surface area contributed by atoms with E-state index < -0.39 is 0 Å². The molecule has 0 bridgehead atoms. The molecule has 7 heteroatoms. The first-order valence-electron chi connectivity index (χ1n) is 7.92. The van der Waals surface area contributed by atoms with Gasteiger partial charge in [-0.1, -0.05) is 35.4 Å². The lowest BCUT2D eigenvalue weighted by Gasteiger charge is -2.05. The summed E-state index contributed by atoms with van der Waals surface area (Å²) in [5.41, 5.74) is 2.89. The van der Waals surface area contributed by atoms with Crippen molar-refractivity contribution in [2.75, 3.05) is 10.6 Å². The van der Waals surface area contributed by atoms with Crippen LogP contribution in [0.3, 0.4) is 0 Å². The molecule has 0 unspecified atom stereocenters. The first-order valence-corrected chi connectivity index (χ1v) is 7.92. The van der Waals surface area contributed by atoms with Crippen LogP contribution in [0.2, 0.25) is 0 Å². The smallest absolute Gasteiger partial charge is 0.315 e. The highest BCUT2D eigenvalue weighted by Gasteiger charge is 2.18. The van der Waals surface area contributed by atoms with E-state index in [-0.39, 0.29) is 12.5 Å². The van der Waals surface area contributed by atoms with Gasteiger partial charge in [-0.05, 0) is 29.3 Å². The third-order valence-electron chi connectivity index (χ3n) is 3.82. The number of carbonyl (C=O) groups excluding carboxylic acids is 1. The van der Waals surface area contributed by atoms with Gasteiger partial charge in [0.25, 0.3) is 5.89 Å². The first-order chi connectivity index (χ1) is 12.3. The van der Waals surface area contributed by atoms with Crippen LogP contribution in [0.25, 0.3) is 0 Å². The average molecular weight is 336 g/mol. The van der Waals surface area contributed by atoms with Crippen LogP contribution in [0, 0.1) is 0 Å². The molecule has 0 saturated heterocycles. The number of fused-ring (bicyclic) bond motifs is 1. The number of anilines is 2. The maximum atomic E-state index is 11.4. The van der Waals surface area contributed by atoms with Gasteiger partial charge >= 0.3 is 6.01 Å². The monoisotopic (exact) mass is 336 g/mol. The zero-order valence-corrected chi connectivity index (χ0v) is 13.4. The Morgan fingerprint density at radius 2 is 2.04 bits per heavy atom. The van der Waals surface area contributed by atoms with Gasteiger partial charge in [0, 0.05) is 12.2 Å². The van der Waals surface area contributed by atoms with Crippen molar-refractivity contribution in [3.8, 4) is 5.75 Å². The van der Waals surface area contributed by atoms with E-state index >= 15 is 0 Å². The first kappa shape index (κ1) is 15.2. The molecule has 25 heavy (non-hydrogen) atoms. The van der Waals surface area contributed by atoms with Crippen molar-refractivity contribution in [3.05, 3.63) is 65.5 Å². The lowest BCUT2D eigenvalue weighted by molar-refractivity contribution is -0.115. The Kier molecular flexibility index (Phi) is 4.04. The summed E-state index contributed by atoms with van der Waals surface area (Å²) < 4.78 is 11.2. The quantitative estimate of drug-likeness (QED) is 0.719. The van der Waals surface area contributed by atoms with Gasteiger partial charge in [0.2, 0.25) is 5.91 Å². The Labute approximate surface area is 144 Å². The number of aromatic nitrogens is 2. The van der Waals surface area contributed by atoms with Crippen molar-refractivity contribution in [2.45, 2.75) is 19.6 Å². The van der Waals surface area contributed by atoms with E-state index in [0.717, 1.165) is 16.8 Å². The number of hydrogen-bond donors (Lipinski definition) is 2. The Morgan fingerprint density at radius 1 is 1.16 bits per heavy atom. The molecule has 1 aromatic heterocycles. The number of carbonyl (C=O) groups is 1. The van der Waals surface area contributed by atoms with Crippen LogP contribution < -0.4 is 15.4 Å². The van der Waals surface area contributed by atoms with Gasteiger partial charge in [0.05, 0.1) is 6.42 Å². The Morgan fingerprint density at radius 3 is 2.92 bits per heavy atom. The van der Waals surface area contributed by atoms with Crippen molar-refractivity contribution in [2.24, 2.45) is 0 Å². The molecule has 4 rings (SSSR count). The van der Waals surface area contributed by atoms with Crippen LogP contribution in [0.4, 0.5) is 11.7 Å². The number of hydrogen-bond acceptors (Lipinski definition) is 6. The maximum absolute atomic E-state index is 11.4. The summed E-state index contributed by atoms with van der Waals surface area (Å²) in [7, 11) is 0. The molecule has 0 radical (unpaired) electrons. The maximum Gasteiger partial charge on any atom is 0.315 e. The number of nitrogens with one attached hydrogen (secondary N) is 2. The summed E-state index contributed by atoms with van der Waals surface area (Å²) in [5, 5.41) is 13.8. The lowest BCUT2D eigenvalue weighted by Crippen LogP contribution is -2.03. The SMILES string of the molecule is O=C1Cc2cc(OCc3nnc(NCc4ccccc4)o3)ccc2N1. The topological polar surface area (TPSA) is 89.3 Å². The molecule has 0 aliphatic carbocycles. The van der Waals surface area contributed by atoms with Crippen LogP contribution in [0.1, 0.15) is 17.0 Å². The van der Waals surface area contributed by atoms with Crippen LogP contribution >= 0.6 is 0 Å². The predicted octanol–water partition coefficient (Wildman–Crippen LogP) is 2.76. The summed E-state index contributed by atoms with van der Waals surface area (Å²) in [4.78, 5) is 11.4. The predicted molar refractivity (Wildman–Crippen MR) is 91.2 cm³/mol. The molecule has 2 aromatic carbocycles. The van der Waals surface area contributed by atoms with Gasteiger partial charge in [-0.15, -0.1) is 5.10 Å². The number of nitrogens with zero attached hydrogens (tertiary/aromatic N) is 2. The second-order valence-electron chi connectivity index (χ2n) is 5.67. The molecule has 2 N–H and O–H groups in total. The van der Waals surface area contributed by atoms with Crippen LogP contribution in [-0.4, -0.2) is 16.1 Å². The summed E-state index contributed by atoms with van der Waals surface area (Å²) in [6, 6.07) is 15.8. The third-order valence-corrected chi connectivity index (χ3v) is 3.82. The molecule has 1 amide bonds. The molecule has 3 aromatic rings. The standard InChI is InChI=1S/C18H16N4O3/c23-16-9-13-8-14(6-7-15(13)20-16)24-11-17-21-22-18(25-17)19-10-12-4-2-1-3-5-12/h1-8H,9-11H2,(H,19,22)(H,20,23). The highest BCUT2D eigenvalue weighted by atomic mass is 16.5. The Hall–Kier alpha value is -3.35. The number of rotatable bonds is 6. The fourth-order valence-electron chi connectivity index (χ4n) is 2.60. The summed E-state index contributed by atoms with van der Waals surface area (Å²) in [5.74, 6) is 1.04. The third kappa shape index (κ3) is 3.60. The van der Waals surface area contributed by atoms with Gasteiger partial charge in [-0.3, -0.25) is 4.79 Å². The van der Waals surface area contributed by atoms with Gasteiger partial charge in [-0.2, -0.15) is 0 Å². The van der Waals surface area contributed by atoms with Crippen molar-refractivity contribution in [1.29, 1.82) is 0 Å². The molecule has 2 heterocycles. The van der Waals surface area contributed by atoms with Gasteiger partial charge < -0.3 is 19.8 Å². The number of benzene rings is 2. The van der Waals surface area contributed by atoms with E-state index in [2.05, 4.69) is 20.8 Å². The molecular weight excluding hydrogens is 320 g/mol. The minimum atomic E-state index is -0.00168. The normalized spacial score (nSPS) is 12.6. The molecule has 0 atom stereocenters. The molecule has 1 aliphatic heterocycles. The molecule has 7 nitrogen and oxygen atoms in total. The highest BCUT2D eigenvalue weighted by Crippen LogP contribution is 2.27. The minimum absolute atomic E-state index is 0.00168. The number of amides is 1. The summed E-state index contributed by atoms with van der Waals surface area (Å²) >= 11 is 0. The van der Waals surface area contributed by atoms with E-state index in [9.17, 15) is 4.79 Å². The van der Waals surface area contributed by atoms with E-state index in [1.165, 1.54) is 0 Å². The van der Waals surface area contributed by atoms with Gasteiger partial charge in [0.1, 0.15) is 5.75 Å². The fraction of sp³-hybridized carbons (Fsp3) is 0.167. The molecule has 126 valence electrons. The van der Waals surface area contributed by atoms with E-state index in [4.69, 9.17) is 9.15 Å². The molecule has 1 aliphatic rings. The highest BCUT2D eigenvalue weighted by molar-refractivity contribution is 5.99. The van der Waals surface area contributed by atoms with Crippen LogP contribution in [0.15, 0.2) is 52.9 Å². The van der Waals surface area contributed by atoms with Crippen molar-refractivity contribution < 1.29 is 13.9 Å². The number of ether oxygens (including phenoxy) is 1. The van der Waals surface area contributed by atoms with Crippen LogP contribution in [-0.2, 0) is 24.4 Å². The van der Waals surface area contributed by atoms with E-state index in [0.29, 0.717) is 30.6 Å². The fourth-order valence-corrected chi connectivity index (χ4v) is 2.60. The molecule has 0 fully saturated rings. The van der Waals surface area contributed by atoms with Crippen LogP contribution in [0.5, 0.6) is 5.75 Å². The minimum Gasteiger partial charge on any atom is -0.484 e. The van der Waals surface area contributed by atoms with Crippen molar-refractivity contribution in [1.82, 2.24) is 10.2 Å². The zero-order valence-electron chi connectivity index (χ0n) is 13.4. The molecule has 0 spiro atoms. The van der Waals surface area contributed by atoms with Gasteiger partial charge in [0.15, 0.2) is 6.61 Å². The summed E-state index contributed by atoms with van der Waals surface area (Å²) in [6.45, 7) is 0.773. The van der Waals surface area contributed by atoms with E-state index in [1.54, 1.807) is 6.07 Å². The summed E-state index contributed by atoms with van der Waals surface area (Å²) in [6.07, 6.45) is 0.376. The van der Waals surface area contributed by atoms with Crippen molar-refractivity contribution in [3.63, 3.8) is 0 Å². The lowest BCUT2D eigenvalue weighted by atomic mass is 10.1. The molecular formula is C18H16N4O3. The second kappa shape index (κ2) is 6.64. The Balaban J connectivity index is 1.33. The Bertz CT molecular complexity index is 892. The zero-order chi connectivity index (χ0) is 17.1. The largest absolute Gasteiger partial charge is 0.484 e. The average Bonchev–Trinajstić information content (AvgIpc) is 3.24.